The van der Waals surface area contributed by atoms with Crippen LogP contribution >= 0.6 is 11.3 Å². The second kappa shape index (κ2) is 6.76. The average molecular weight is 399 g/mol. The molecule has 4 heterocycles. The van der Waals surface area contributed by atoms with E-state index in [9.17, 15) is 15.3 Å². The molecule has 0 amide bonds. The Morgan fingerprint density at radius 3 is 2.79 bits per heavy atom. The second-order valence-electron chi connectivity index (χ2n) is 6.55. The summed E-state index contributed by atoms with van der Waals surface area (Å²) in [4.78, 5) is 12.9. The van der Waals surface area contributed by atoms with Crippen molar-refractivity contribution in [1.29, 1.82) is 0 Å². The predicted octanol–water partition coefficient (Wildman–Crippen LogP) is 1.40. The number of rotatable bonds is 4. The molecular weight excluding hydrogens is 382 g/mol. The van der Waals surface area contributed by atoms with Crippen molar-refractivity contribution in [2.75, 3.05) is 11.9 Å². The van der Waals surface area contributed by atoms with Gasteiger partial charge in [0, 0.05) is 4.70 Å². The maximum Gasteiger partial charge on any atom is 0.167 e. The number of nitrogens with one attached hydrogen (secondary N) is 1. The van der Waals surface area contributed by atoms with Crippen molar-refractivity contribution in [3.8, 4) is 0 Å². The molecule has 5 rings (SSSR count). The van der Waals surface area contributed by atoms with Crippen molar-refractivity contribution in [1.82, 2.24) is 19.5 Å². The lowest BCUT2D eigenvalue weighted by Crippen LogP contribution is -2.33. The van der Waals surface area contributed by atoms with Gasteiger partial charge in [0.2, 0.25) is 0 Å². The van der Waals surface area contributed by atoms with Gasteiger partial charge in [-0.25, -0.2) is 15.0 Å². The fraction of sp³-hybridized carbons (Fsp3) is 0.278. The highest BCUT2D eigenvalue weighted by molar-refractivity contribution is 7.22. The number of anilines is 2. The van der Waals surface area contributed by atoms with Crippen LogP contribution in [0.5, 0.6) is 0 Å². The Labute approximate surface area is 162 Å². The van der Waals surface area contributed by atoms with Gasteiger partial charge < -0.3 is 25.4 Å². The molecule has 4 aromatic rings. The summed E-state index contributed by atoms with van der Waals surface area (Å²) in [6.07, 6.45) is -1.28. The topological polar surface area (TPSA) is 126 Å². The van der Waals surface area contributed by atoms with Crippen LogP contribution in [0.25, 0.3) is 21.3 Å². The molecule has 0 spiro atoms. The fourth-order valence-electron chi connectivity index (χ4n) is 3.40. The second-order valence-corrected chi connectivity index (χ2v) is 7.63. The number of fused-ring (bicyclic) bond motifs is 2. The molecule has 9 nitrogen and oxygen atoms in total. The Morgan fingerprint density at radius 1 is 1.14 bits per heavy atom. The van der Waals surface area contributed by atoms with Crippen molar-refractivity contribution < 1.29 is 20.1 Å². The van der Waals surface area contributed by atoms with Gasteiger partial charge in [-0.15, -0.1) is 11.3 Å². The molecule has 3 aromatic heterocycles. The highest BCUT2D eigenvalue weighted by Crippen LogP contribution is 2.34. The number of hydrogen-bond donors (Lipinski definition) is 4. The van der Waals surface area contributed by atoms with Gasteiger partial charge >= 0.3 is 0 Å². The third kappa shape index (κ3) is 2.74. The maximum atomic E-state index is 10.3. The van der Waals surface area contributed by atoms with Crippen LogP contribution < -0.4 is 5.32 Å². The molecule has 28 heavy (non-hydrogen) atoms. The lowest BCUT2D eigenvalue weighted by atomic mass is 10.1. The summed E-state index contributed by atoms with van der Waals surface area (Å²) < 4.78 is 8.28. The molecule has 144 valence electrons. The zero-order valence-electron chi connectivity index (χ0n) is 14.5. The van der Waals surface area contributed by atoms with Gasteiger partial charge in [-0.1, -0.05) is 18.2 Å². The first kappa shape index (κ1) is 17.5. The molecule has 0 unspecified atom stereocenters. The summed E-state index contributed by atoms with van der Waals surface area (Å²) in [5.74, 6) is 0.530. The van der Waals surface area contributed by atoms with Gasteiger partial charge in [-0.3, -0.25) is 4.57 Å². The first-order chi connectivity index (χ1) is 13.7. The van der Waals surface area contributed by atoms with Crippen LogP contribution in [0.4, 0.5) is 10.8 Å². The molecule has 1 saturated heterocycles. The normalized spacial score (nSPS) is 25.0. The molecule has 1 aliphatic heterocycles. The number of aromatic nitrogens is 4. The van der Waals surface area contributed by atoms with Crippen molar-refractivity contribution in [3.05, 3.63) is 43.0 Å². The number of ether oxygens (including phenoxy) is 1. The van der Waals surface area contributed by atoms with E-state index in [-0.39, 0.29) is 0 Å². The highest BCUT2D eigenvalue weighted by atomic mass is 32.1. The molecule has 0 bridgehead atoms. The van der Waals surface area contributed by atoms with Crippen LogP contribution in [-0.4, -0.2) is 59.8 Å². The van der Waals surface area contributed by atoms with Crippen molar-refractivity contribution >= 4 is 43.4 Å². The molecule has 4 atom stereocenters. The van der Waals surface area contributed by atoms with Crippen molar-refractivity contribution in [2.45, 2.75) is 24.5 Å². The van der Waals surface area contributed by atoms with Gasteiger partial charge in [-0.05, 0) is 17.5 Å². The zero-order chi connectivity index (χ0) is 19.3. The summed E-state index contributed by atoms with van der Waals surface area (Å²) in [6, 6.07) is 10.1. The number of hydrogen-bond acceptors (Lipinski definition) is 9. The van der Waals surface area contributed by atoms with E-state index in [1.54, 1.807) is 11.3 Å². The Morgan fingerprint density at radius 2 is 2.00 bits per heavy atom. The minimum absolute atomic E-state index is 0.394. The monoisotopic (exact) mass is 399 g/mol. The van der Waals surface area contributed by atoms with E-state index < -0.39 is 31.1 Å². The van der Waals surface area contributed by atoms with Gasteiger partial charge in [-0.2, -0.15) is 0 Å². The fourth-order valence-corrected chi connectivity index (χ4v) is 4.36. The first-order valence-electron chi connectivity index (χ1n) is 8.71. The molecule has 4 N–H and O–H groups in total. The number of nitrogens with zero attached hydrogens (tertiary/aromatic N) is 4. The molecule has 1 aromatic carbocycles. The number of aliphatic hydroxyl groups excluding tert-OH is 3. The Hall–Kier alpha value is -2.63. The van der Waals surface area contributed by atoms with Gasteiger partial charge in [0.1, 0.15) is 24.6 Å². The molecule has 0 saturated carbocycles. The Bertz CT molecular complexity index is 1110. The lowest BCUT2D eigenvalue weighted by molar-refractivity contribution is -0.0511. The van der Waals surface area contributed by atoms with Crippen LogP contribution in [-0.2, 0) is 4.74 Å². The van der Waals surface area contributed by atoms with E-state index >= 15 is 0 Å². The van der Waals surface area contributed by atoms with E-state index in [4.69, 9.17) is 4.74 Å². The van der Waals surface area contributed by atoms with E-state index in [2.05, 4.69) is 26.3 Å². The largest absolute Gasteiger partial charge is 0.394 e. The molecule has 0 aliphatic carbocycles. The third-order valence-electron chi connectivity index (χ3n) is 4.82. The highest BCUT2D eigenvalue weighted by Gasteiger charge is 2.44. The molecule has 1 fully saturated rings. The molecule has 0 radical (unpaired) electrons. The van der Waals surface area contributed by atoms with Crippen LogP contribution in [0.2, 0.25) is 0 Å². The van der Waals surface area contributed by atoms with Crippen molar-refractivity contribution in [3.63, 3.8) is 0 Å². The summed E-state index contributed by atoms with van der Waals surface area (Å²) in [5.41, 5.74) is 0.964. The summed E-state index contributed by atoms with van der Waals surface area (Å²) in [5, 5.41) is 34.9. The standard InChI is InChI=1S/C18H17N5O4S/c24-6-10-14(25)15(26)18(27-10)23-8-21-13-16(19-7-20-17(13)23)22-12-5-9-3-1-2-4-11(9)28-12/h1-5,7-8,10,14-15,18,24-26H,6H2,(H,19,20,22)/t10-,14-,15-,18-/m1/s1. The average Bonchev–Trinajstić information content (AvgIpc) is 3.38. The van der Waals surface area contributed by atoms with Gasteiger partial charge in [0.05, 0.1) is 17.9 Å². The van der Waals surface area contributed by atoms with Gasteiger partial charge in [0.15, 0.2) is 23.2 Å². The number of aliphatic hydroxyl groups is 3. The van der Waals surface area contributed by atoms with Crippen LogP contribution in [0, 0.1) is 0 Å². The van der Waals surface area contributed by atoms with E-state index in [0.29, 0.717) is 17.0 Å². The summed E-state index contributed by atoms with van der Waals surface area (Å²) in [7, 11) is 0. The van der Waals surface area contributed by atoms with Crippen LogP contribution in [0.3, 0.4) is 0 Å². The summed E-state index contributed by atoms with van der Waals surface area (Å²) >= 11 is 1.61. The lowest BCUT2D eigenvalue weighted by Gasteiger charge is -2.16. The predicted molar refractivity (Wildman–Crippen MR) is 103 cm³/mol. The smallest absolute Gasteiger partial charge is 0.167 e. The summed E-state index contributed by atoms with van der Waals surface area (Å²) in [6.45, 7) is -0.394. The third-order valence-corrected chi connectivity index (χ3v) is 5.85. The minimum Gasteiger partial charge on any atom is -0.394 e. The van der Waals surface area contributed by atoms with E-state index in [1.807, 2.05) is 24.3 Å². The maximum absolute atomic E-state index is 10.3. The Balaban J connectivity index is 1.50. The SMILES string of the molecule is OC[C@H]1O[C@@H](n2cnc3c(Nc4cc5ccccc5s4)ncnc32)[C@H](O)[C@@H]1O. The number of imidazole rings is 1. The Kier molecular flexibility index (Phi) is 4.22. The number of benzene rings is 1. The van der Waals surface area contributed by atoms with Crippen molar-refractivity contribution in [2.24, 2.45) is 0 Å². The molecular formula is C18H17N5O4S. The van der Waals surface area contributed by atoms with E-state index in [0.717, 1.165) is 15.1 Å². The van der Waals surface area contributed by atoms with Gasteiger partial charge in [0.25, 0.3) is 0 Å². The van der Waals surface area contributed by atoms with E-state index in [1.165, 1.54) is 17.2 Å². The van der Waals surface area contributed by atoms with Crippen LogP contribution in [0.15, 0.2) is 43.0 Å². The quantitative estimate of drug-likeness (QED) is 0.406. The first-order valence-corrected chi connectivity index (χ1v) is 9.53. The zero-order valence-corrected chi connectivity index (χ0v) is 15.3. The van der Waals surface area contributed by atoms with Crippen LogP contribution in [0.1, 0.15) is 6.23 Å². The molecule has 10 heteroatoms. The molecule has 1 aliphatic rings. The minimum atomic E-state index is -1.21. The number of thiophene rings is 1.